The van der Waals surface area contributed by atoms with Crippen LogP contribution >= 0.6 is 0 Å². The lowest BCUT2D eigenvalue weighted by molar-refractivity contribution is -0.401. The van der Waals surface area contributed by atoms with Gasteiger partial charge in [-0.05, 0) is 19.1 Å². The highest BCUT2D eigenvalue weighted by molar-refractivity contribution is 5.57. The van der Waals surface area contributed by atoms with Gasteiger partial charge in [-0.25, -0.2) is 4.39 Å². The van der Waals surface area contributed by atoms with Gasteiger partial charge < -0.3 is 4.74 Å². The molecule has 80 valence electrons. The van der Waals surface area contributed by atoms with Crippen LogP contribution in [-0.4, -0.2) is 11.5 Å². The molecule has 0 spiro atoms. The molecule has 0 bridgehead atoms. The first kappa shape index (κ1) is 11.2. The summed E-state index contributed by atoms with van der Waals surface area (Å²) in [4.78, 5) is 9.46. The average molecular weight is 211 g/mol. The highest BCUT2D eigenvalue weighted by Crippen LogP contribution is 2.22. The number of nitrogens with zero attached hydrogens (tertiary/aromatic N) is 1. The van der Waals surface area contributed by atoms with Crippen molar-refractivity contribution in [1.29, 1.82) is 0 Å². The highest BCUT2D eigenvalue weighted by atomic mass is 19.1. The van der Waals surface area contributed by atoms with Crippen molar-refractivity contribution in [2.24, 2.45) is 0 Å². The SMILES string of the molecule is CCOc1cccc(F)c1/C=C/[N+](=O)[O-]. The number of ether oxygens (including phenoxy) is 1. The summed E-state index contributed by atoms with van der Waals surface area (Å²) in [5.74, 6) is -0.241. The minimum absolute atomic E-state index is 0.0936. The average Bonchev–Trinajstić information content (AvgIpc) is 2.17. The monoisotopic (exact) mass is 211 g/mol. The zero-order valence-corrected chi connectivity index (χ0v) is 8.14. The van der Waals surface area contributed by atoms with E-state index in [1.807, 2.05) is 0 Å². The molecule has 1 aromatic rings. The Morgan fingerprint density at radius 1 is 1.60 bits per heavy atom. The summed E-state index contributed by atoms with van der Waals surface area (Å²) >= 11 is 0. The van der Waals surface area contributed by atoms with Crippen molar-refractivity contribution < 1.29 is 14.1 Å². The Balaban J connectivity index is 3.07. The third kappa shape index (κ3) is 3.05. The normalized spacial score (nSPS) is 10.5. The van der Waals surface area contributed by atoms with Crippen LogP contribution in [0.25, 0.3) is 6.08 Å². The van der Waals surface area contributed by atoms with Gasteiger partial charge in [-0.2, -0.15) is 0 Å². The van der Waals surface area contributed by atoms with Gasteiger partial charge >= 0.3 is 0 Å². The minimum Gasteiger partial charge on any atom is -0.493 e. The van der Waals surface area contributed by atoms with Gasteiger partial charge in [0.15, 0.2) is 0 Å². The molecule has 0 N–H and O–H groups in total. The molecule has 1 aromatic carbocycles. The van der Waals surface area contributed by atoms with Gasteiger partial charge in [0.1, 0.15) is 11.6 Å². The second kappa shape index (κ2) is 5.09. The van der Waals surface area contributed by atoms with Gasteiger partial charge in [-0.15, -0.1) is 0 Å². The molecule has 5 heteroatoms. The summed E-state index contributed by atoms with van der Waals surface area (Å²) < 4.78 is 18.4. The molecule has 0 aromatic heterocycles. The molecule has 0 unspecified atom stereocenters. The third-order valence-electron chi connectivity index (χ3n) is 1.68. The molecule has 1 rings (SSSR count). The van der Waals surface area contributed by atoms with Crippen molar-refractivity contribution in [3.8, 4) is 5.75 Å². The summed E-state index contributed by atoms with van der Waals surface area (Å²) in [5.41, 5.74) is 0.0936. The van der Waals surface area contributed by atoms with Crippen molar-refractivity contribution in [3.63, 3.8) is 0 Å². The smallest absolute Gasteiger partial charge is 0.235 e. The third-order valence-corrected chi connectivity index (χ3v) is 1.68. The fourth-order valence-corrected chi connectivity index (χ4v) is 1.10. The molecule has 15 heavy (non-hydrogen) atoms. The van der Waals surface area contributed by atoms with Crippen LogP contribution < -0.4 is 4.74 Å². The molecule has 0 radical (unpaired) electrons. The molecule has 0 aliphatic rings. The number of hydrogen-bond acceptors (Lipinski definition) is 3. The standard InChI is InChI=1S/C10H10FNO3/c1-2-15-10-5-3-4-9(11)8(10)6-7-12(13)14/h3-7H,2H2,1H3/b7-6+. The maximum Gasteiger partial charge on any atom is 0.235 e. The van der Waals surface area contributed by atoms with Crippen LogP contribution in [0, 0.1) is 15.9 Å². The van der Waals surface area contributed by atoms with Crippen LogP contribution in [0.3, 0.4) is 0 Å². The summed E-state index contributed by atoms with van der Waals surface area (Å²) in [7, 11) is 0. The van der Waals surface area contributed by atoms with Gasteiger partial charge in [0.25, 0.3) is 0 Å². The Morgan fingerprint density at radius 2 is 2.33 bits per heavy atom. The molecular formula is C10H10FNO3. The van der Waals surface area contributed by atoms with E-state index in [2.05, 4.69) is 0 Å². The predicted molar refractivity (Wildman–Crippen MR) is 53.6 cm³/mol. The first-order chi connectivity index (χ1) is 7.15. The van der Waals surface area contributed by atoms with Crippen molar-refractivity contribution >= 4 is 6.08 Å². The molecular weight excluding hydrogens is 201 g/mol. The van der Waals surface area contributed by atoms with Crippen LogP contribution in [0.5, 0.6) is 5.75 Å². The van der Waals surface area contributed by atoms with Crippen molar-refractivity contribution in [2.45, 2.75) is 6.92 Å². The first-order valence-corrected chi connectivity index (χ1v) is 4.38. The second-order valence-electron chi connectivity index (χ2n) is 2.69. The Hall–Kier alpha value is -1.91. The van der Waals surface area contributed by atoms with Crippen LogP contribution in [0.1, 0.15) is 12.5 Å². The van der Waals surface area contributed by atoms with E-state index in [4.69, 9.17) is 4.74 Å². The van der Waals surface area contributed by atoms with Crippen LogP contribution in [0.15, 0.2) is 24.4 Å². The van der Waals surface area contributed by atoms with Crippen molar-refractivity contribution in [3.05, 3.63) is 45.9 Å². The maximum absolute atomic E-state index is 13.3. The van der Waals surface area contributed by atoms with Crippen LogP contribution in [0.2, 0.25) is 0 Å². The Morgan fingerprint density at radius 3 is 2.93 bits per heavy atom. The molecule has 0 amide bonds. The minimum atomic E-state index is -0.651. The lowest BCUT2D eigenvalue weighted by Crippen LogP contribution is -1.96. The largest absolute Gasteiger partial charge is 0.493 e. The summed E-state index contributed by atoms with van der Waals surface area (Å²) in [6, 6.07) is 4.28. The fraction of sp³-hybridized carbons (Fsp3) is 0.200. The zero-order chi connectivity index (χ0) is 11.3. The van der Waals surface area contributed by atoms with Gasteiger partial charge in [0.05, 0.1) is 17.1 Å². The van der Waals surface area contributed by atoms with E-state index < -0.39 is 10.7 Å². The first-order valence-electron chi connectivity index (χ1n) is 4.38. The van der Waals surface area contributed by atoms with E-state index in [9.17, 15) is 14.5 Å². The number of nitro groups is 1. The quantitative estimate of drug-likeness (QED) is 0.567. The predicted octanol–water partition coefficient (Wildman–Crippen LogP) is 2.47. The molecule has 0 atom stereocenters. The fourth-order valence-electron chi connectivity index (χ4n) is 1.10. The second-order valence-corrected chi connectivity index (χ2v) is 2.69. The van der Waals surface area contributed by atoms with E-state index >= 15 is 0 Å². The number of rotatable bonds is 4. The van der Waals surface area contributed by atoms with E-state index in [0.717, 1.165) is 6.08 Å². The molecule has 0 aliphatic carbocycles. The van der Waals surface area contributed by atoms with Gasteiger partial charge in [0.2, 0.25) is 6.20 Å². The van der Waals surface area contributed by atoms with Crippen molar-refractivity contribution in [1.82, 2.24) is 0 Å². The van der Waals surface area contributed by atoms with Crippen LogP contribution in [0.4, 0.5) is 4.39 Å². The molecule has 0 fully saturated rings. The lowest BCUT2D eigenvalue weighted by atomic mass is 10.2. The molecule has 4 nitrogen and oxygen atoms in total. The van der Waals surface area contributed by atoms with Gasteiger partial charge in [-0.1, -0.05) is 6.07 Å². The molecule has 0 aliphatic heterocycles. The van der Waals surface area contributed by atoms with Crippen LogP contribution in [-0.2, 0) is 0 Å². The Bertz CT molecular complexity index is 390. The molecule has 0 saturated carbocycles. The highest BCUT2D eigenvalue weighted by Gasteiger charge is 2.07. The van der Waals surface area contributed by atoms with E-state index in [-0.39, 0.29) is 5.56 Å². The van der Waals surface area contributed by atoms with E-state index in [1.54, 1.807) is 13.0 Å². The summed E-state index contributed by atoms with van der Waals surface area (Å²) in [6.45, 7) is 2.13. The van der Waals surface area contributed by atoms with Gasteiger partial charge in [-0.3, -0.25) is 10.1 Å². The maximum atomic E-state index is 13.3. The summed E-state index contributed by atoms with van der Waals surface area (Å²) in [5, 5.41) is 10.1. The Labute approximate surface area is 86.1 Å². The van der Waals surface area contributed by atoms with E-state index in [0.29, 0.717) is 18.6 Å². The van der Waals surface area contributed by atoms with E-state index in [1.165, 1.54) is 12.1 Å². The molecule has 0 saturated heterocycles. The number of halogens is 1. The topological polar surface area (TPSA) is 52.4 Å². The Kier molecular flexibility index (Phi) is 3.79. The van der Waals surface area contributed by atoms with Gasteiger partial charge in [0, 0.05) is 6.08 Å². The summed E-state index contributed by atoms with van der Waals surface area (Å²) in [6.07, 6.45) is 1.77. The lowest BCUT2D eigenvalue weighted by Gasteiger charge is -2.06. The van der Waals surface area contributed by atoms with Crippen molar-refractivity contribution in [2.75, 3.05) is 6.61 Å². The zero-order valence-electron chi connectivity index (χ0n) is 8.14. The molecule has 0 heterocycles. The number of benzene rings is 1. The number of hydrogen-bond donors (Lipinski definition) is 0.